The van der Waals surface area contributed by atoms with Crippen LogP contribution in [-0.4, -0.2) is 23.2 Å². The highest BCUT2D eigenvalue weighted by atomic mass is 35.5. The molecule has 0 fully saturated rings. The highest BCUT2D eigenvalue weighted by molar-refractivity contribution is 7.16. The fraction of sp³-hybridized carbons (Fsp3) is 0.235. The van der Waals surface area contributed by atoms with Crippen molar-refractivity contribution in [1.82, 2.24) is 10.1 Å². The molecule has 3 aromatic rings. The number of aryl methyl sites for hydroxylation is 2. The summed E-state index contributed by atoms with van der Waals surface area (Å²) in [6, 6.07) is 7.15. The summed E-state index contributed by atoms with van der Waals surface area (Å²) >= 11 is 7.59. The van der Waals surface area contributed by atoms with E-state index in [9.17, 15) is 4.79 Å². The van der Waals surface area contributed by atoms with Crippen LogP contribution in [-0.2, 0) is 11.2 Å². The molecule has 3 rings (SSSR count). The Morgan fingerprint density at radius 1 is 1.36 bits per heavy atom. The van der Waals surface area contributed by atoms with Crippen LogP contribution in [0.3, 0.4) is 0 Å². The molecule has 0 aliphatic carbocycles. The van der Waals surface area contributed by atoms with Gasteiger partial charge in [0.25, 0.3) is 0 Å². The predicted octanol–water partition coefficient (Wildman–Crippen LogP) is 4.26. The van der Waals surface area contributed by atoms with Gasteiger partial charge in [-0.1, -0.05) is 22.8 Å². The maximum Gasteiger partial charge on any atom is 0.228 e. The number of methoxy groups -OCH3 is 1. The third kappa shape index (κ3) is 4.00. The molecule has 2 heterocycles. The minimum Gasteiger partial charge on any atom is -0.495 e. The standard InChI is InChI=1S/C17H16ClN3O3S/c1-9-13(8-15(25-9)17-19-10(2)24-21-17)20-16(22)7-11-4-5-14(23-3)12(18)6-11/h4-6,8H,7H2,1-3H3,(H,20,22). The molecule has 0 bridgehead atoms. The van der Waals surface area contributed by atoms with E-state index in [2.05, 4.69) is 15.5 Å². The Balaban J connectivity index is 1.71. The van der Waals surface area contributed by atoms with Crippen molar-refractivity contribution in [3.05, 3.63) is 45.6 Å². The van der Waals surface area contributed by atoms with Gasteiger partial charge in [-0.25, -0.2) is 0 Å². The zero-order chi connectivity index (χ0) is 18.0. The maximum atomic E-state index is 12.3. The van der Waals surface area contributed by atoms with Crippen LogP contribution < -0.4 is 10.1 Å². The molecule has 0 saturated carbocycles. The van der Waals surface area contributed by atoms with Crippen molar-refractivity contribution >= 4 is 34.5 Å². The largest absolute Gasteiger partial charge is 0.495 e. The van der Waals surface area contributed by atoms with Gasteiger partial charge in [-0.05, 0) is 30.7 Å². The summed E-state index contributed by atoms with van der Waals surface area (Å²) in [5, 5.41) is 7.29. The second kappa shape index (κ2) is 7.25. The first-order chi connectivity index (χ1) is 12.0. The lowest BCUT2D eigenvalue weighted by molar-refractivity contribution is -0.115. The van der Waals surface area contributed by atoms with E-state index in [0.717, 1.165) is 21.0 Å². The van der Waals surface area contributed by atoms with Crippen LogP contribution in [0.15, 0.2) is 28.8 Å². The number of ether oxygens (including phenoxy) is 1. The summed E-state index contributed by atoms with van der Waals surface area (Å²) in [6.07, 6.45) is 0.218. The molecule has 0 unspecified atom stereocenters. The van der Waals surface area contributed by atoms with Gasteiger partial charge in [0.1, 0.15) is 5.75 Å². The Morgan fingerprint density at radius 2 is 2.16 bits per heavy atom. The van der Waals surface area contributed by atoms with Crippen molar-refractivity contribution in [2.75, 3.05) is 12.4 Å². The molecule has 1 aromatic carbocycles. The molecule has 0 aliphatic rings. The number of nitrogens with one attached hydrogen (secondary N) is 1. The molecule has 0 spiro atoms. The zero-order valence-electron chi connectivity index (χ0n) is 13.9. The number of nitrogens with zero attached hydrogens (tertiary/aromatic N) is 2. The summed E-state index contributed by atoms with van der Waals surface area (Å²) in [4.78, 5) is 18.3. The number of anilines is 1. The van der Waals surface area contributed by atoms with Gasteiger partial charge in [-0.3, -0.25) is 4.79 Å². The average Bonchev–Trinajstić information content (AvgIpc) is 3.14. The number of aromatic nitrogens is 2. The van der Waals surface area contributed by atoms with Crippen molar-refractivity contribution in [2.45, 2.75) is 20.3 Å². The minimum absolute atomic E-state index is 0.127. The third-order valence-electron chi connectivity index (χ3n) is 3.52. The number of hydrogen-bond acceptors (Lipinski definition) is 6. The van der Waals surface area contributed by atoms with Crippen LogP contribution in [0.4, 0.5) is 5.69 Å². The van der Waals surface area contributed by atoms with Gasteiger partial charge in [-0.15, -0.1) is 11.3 Å². The van der Waals surface area contributed by atoms with Gasteiger partial charge in [0.2, 0.25) is 17.6 Å². The van der Waals surface area contributed by atoms with E-state index in [1.807, 2.05) is 19.1 Å². The van der Waals surface area contributed by atoms with Crippen molar-refractivity contribution in [3.63, 3.8) is 0 Å². The quantitative estimate of drug-likeness (QED) is 0.718. The van der Waals surface area contributed by atoms with Crippen LogP contribution >= 0.6 is 22.9 Å². The fourth-order valence-electron chi connectivity index (χ4n) is 2.32. The third-order valence-corrected chi connectivity index (χ3v) is 4.86. The number of carbonyl (C=O) groups excluding carboxylic acids is 1. The number of benzene rings is 1. The summed E-state index contributed by atoms with van der Waals surface area (Å²) < 4.78 is 10.1. The molecule has 130 valence electrons. The Bertz CT molecular complexity index is 920. The van der Waals surface area contributed by atoms with E-state index < -0.39 is 0 Å². The van der Waals surface area contributed by atoms with Gasteiger partial charge in [0, 0.05) is 11.8 Å². The summed E-state index contributed by atoms with van der Waals surface area (Å²) in [7, 11) is 1.55. The molecule has 1 N–H and O–H groups in total. The average molecular weight is 378 g/mol. The highest BCUT2D eigenvalue weighted by Gasteiger charge is 2.14. The summed E-state index contributed by atoms with van der Waals surface area (Å²) in [6.45, 7) is 3.67. The lowest BCUT2D eigenvalue weighted by Gasteiger charge is -2.07. The molecule has 0 aliphatic heterocycles. The fourth-order valence-corrected chi connectivity index (χ4v) is 3.50. The predicted molar refractivity (Wildman–Crippen MR) is 97.4 cm³/mol. The molecular weight excluding hydrogens is 362 g/mol. The first kappa shape index (κ1) is 17.4. The van der Waals surface area contributed by atoms with Crippen molar-refractivity contribution in [3.8, 4) is 16.5 Å². The number of carbonyl (C=O) groups is 1. The van der Waals surface area contributed by atoms with E-state index in [1.54, 1.807) is 26.2 Å². The first-order valence-electron chi connectivity index (χ1n) is 7.49. The van der Waals surface area contributed by atoms with E-state index in [-0.39, 0.29) is 12.3 Å². The Kier molecular flexibility index (Phi) is 5.06. The second-order valence-corrected chi connectivity index (χ2v) is 7.07. The Labute approximate surface area is 153 Å². The smallest absolute Gasteiger partial charge is 0.228 e. The van der Waals surface area contributed by atoms with Gasteiger partial charge in [0.05, 0.1) is 29.1 Å². The first-order valence-corrected chi connectivity index (χ1v) is 8.69. The van der Waals surface area contributed by atoms with Gasteiger partial charge in [0.15, 0.2) is 0 Å². The van der Waals surface area contributed by atoms with Crippen LogP contribution in [0.2, 0.25) is 5.02 Å². The van der Waals surface area contributed by atoms with E-state index in [4.69, 9.17) is 20.9 Å². The molecule has 2 aromatic heterocycles. The van der Waals surface area contributed by atoms with Crippen molar-refractivity contribution < 1.29 is 14.1 Å². The Morgan fingerprint density at radius 3 is 2.80 bits per heavy atom. The molecule has 1 amide bonds. The van der Waals surface area contributed by atoms with Crippen molar-refractivity contribution in [1.29, 1.82) is 0 Å². The molecule has 8 heteroatoms. The number of amides is 1. The van der Waals surface area contributed by atoms with Gasteiger partial charge >= 0.3 is 0 Å². The summed E-state index contributed by atoms with van der Waals surface area (Å²) in [5.74, 6) is 1.48. The molecule has 25 heavy (non-hydrogen) atoms. The SMILES string of the molecule is COc1ccc(CC(=O)Nc2cc(-c3noc(C)n3)sc2C)cc1Cl. The van der Waals surface area contributed by atoms with Gasteiger partial charge in [-0.2, -0.15) is 4.98 Å². The van der Waals surface area contributed by atoms with Gasteiger partial charge < -0.3 is 14.6 Å². The highest BCUT2D eigenvalue weighted by Crippen LogP contribution is 2.33. The number of hydrogen-bond donors (Lipinski definition) is 1. The van der Waals surface area contributed by atoms with Crippen LogP contribution in [0, 0.1) is 13.8 Å². The second-order valence-electron chi connectivity index (χ2n) is 5.41. The zero-order valence-corrected chi connectivity index (χ0v) is 15.5. The topological polar surface area (TPSA) is 77.2 Å². The van der Waals surface area contributed by atoms with E-state index >= 15 is 0 Å². The van der Waals surface area contributed by atoms with E-state index in [0.29, 0.717) is 22.5 Å². The molecule has 0 atom stereocenters. The molecule has 0 radical (unpaired) electrons. The van der Waals surface area contributed by atoms with Crippen molar-refractivity contribution in [2.24, 2.45) is 0 Å². The molecular formula is C17H16ClN3O3S. The summed E-state index contributed by atoms with van der Waals surface area (Å²) in [5.41, 5.74) is 1.55. The number of halogens is 1. The number of rotatable bonds is 5. The van der Waals surface area contributed by atoms with Crippen LogP contribution in [0.1, 0.15) is 16.3 Å². The van der Waals surface area contributed by atoms with E-state index in [1.165, 1.54) is 11.3 Å². The lowest BCUT2D eigenvalue weighted by Crippen LogP contribution is -2.14. The molecule has 0 saturated heterocycles. The normalized spacial score (nSPS) is 10.7. The maximum absolute atomic E-state index is 12.3. The molecule has 6 nitrogen and oxygen atoms in total. The van der Waals surface area contributed by atoms with Crippen LogP contribution in [0.5, 0.6) is 5.75 Å². The van der Waals surface area contributed by atoms with Crippen LogP contribution in [0.25, 0.3) is 10.7 Å². The monoisotopic (exact) mass is 377 g/mol. The number of thiophene rings is 1. The minimum atomic E-state index is -0.127. The lowest BCUT2D eigenvalue weighted by atomic mass is 10.1. The Hall–Kier alpha value is -2.38.